The number of carbonyl (C=O) groups excluding carboxylic acids is 5. The molecule has 5 amide bonds. The Kier molecular flexibility index (Phi) is 16.7. The molecule has 0 fully saturated rings. The lowest BCUT2D eigenvalue weighted by atomic mass is 10.2. The second-order valence-corrected chi connectivity index (χ2v) is 15.1. The summed E-state index contributed by atoms with van der Waals surface area (Å²) in [5.74, 6) is 2.06. The van der Waals surface area contributed by atoms with Crippen LogP contribution in [0.15, 0.2) is 134 Å². The first kappa shape index (κ1) is 47.8. The summed E-state index contributed by atoms with van der Waals surface area (Å²) in [6.07, 6.45) is 3.36. The van der Waals surface area contributed by atoms with E-state index in [1.54, 1.807) is 145 Å². The lowest BCUT2D eigenvalue weighted by Crippen LogP contribution is -2.34. The van der Waals surface area contributed by atoms with Crippen LogP contribution in [-0.4, -0.2) is 59.4 Å². The number of nitrogens with one attached hydrogen (secondary N) is 5. The Morgan fingerprint density at radius 1 is 0.523 bits per heavy atom. The molecule has 336 valence electrons. The van der Waals surface area contributed by atoms with E-state index in [0.717, 1.165) is 5.69 Å². The van der Waals surface area contributed by atoms with Crippen molar-refractivity contribution in [2.24, 2.45) is 0 Å². The van der Waals surface area contributed by atoms with Gasteiger partial charge in [0.05, 0.1) is 0 Å². The standard InChI is InChI=1S/C27H30N4O5.C22H22N4O3/c1-6-24(32)23-17-22(15-16-28-23)35-21-13-9-19(10-14-21)30-25(33)29-18-7-11-20(12-8-18)31(5)26(34)36-27(2,3)4;1-3-21(27)20-14-19(12-13-24-20)29-18-10-8-17(9-11-18)26-22(28)25-16-6-4-15(23-2)5-7-16/h7-17H,6H2,1-5H3,(H2,29,30,33);4-14,23H,3H2,1-2H3,(H2,25,26,28). The van der Waals surface area contributed by atoms with E-state index in [1.165, 1.54) is 11.1 Å². The van der Waals surface area contributed by atoms with Crippen molar-refractivity contribution in [3.8, 4) is 23.0 Å². The number of pyridine rings is 2. The summed E-state index contributed by atoms with van der Waals surface area (Å²) in [7, 11) is 3.45. The monoisotopic (exact) mass is 880 g/mol. The number of urea groups is 2. The van der Waals surface area contributed by atoms with Crippen molar-refractivity contribution in [2.45, 2.75) is 53.1 Å². The van der Waals surface area contributed by atoms with Crippen LogP contribution < -0.4 is 41.0 Å². The highest BCUT2D eigenvalue weighted by Gasteiger charge is 2.20. The molecule has 6 rings (SSSR count). The van der Waals surface area contributed by atoms with E-state index < -0.39 is 17.7 Å². The van der Waals surface area contributed by atoms with Gasteiger partial charge in [0.1, 0.15) is 40.0 Å². The number of amides is 5. The molecule has 0 saturated carbocycles. The molecule has 0 unspecified atom stereocenters. The molecule has 5 N–H and O–H groups in total. The zero-order valence-electron chi connectivity index (χ0n) is 37.2. The summed E-state index contributed by atoms with van der Waals surface area (Å²) in [6.45, 7) is 8.98. The van der Waals surface area contributed by atoms with Crippen LogP contribution >= 0.6 is 0 Å². The van der Waals surface area contributed by atoms with Crippen LogP contribution in [0.5, 0.6) is 23.0 Å². The number of aromatic nitrogens is 2. The minimum atomic E-state index is -0.590. The third-order valence-corrected chi connectivity index (χ3v) is 8.98. The van der Waals surface area contributed by atoms with Gasteiger partial charge in [-0.1, -0.05) is 13.8 Å². The van der Waals surface area contributed by atoms with E-state index >= 15 is 0 Å². The average molecular weight is 881 g/mol. The molecule has 65 heavy (non-hydrogen) atoms. The van der Waals surface area contributed by atoms with Crippen LogP contribution in [0.25, 0.3) is 0 Å². The molecule has 4 aromatic carbocycles. The Morgan fingerprint density at radius 3 is 1.23 bits per heavy atom. The number of rotatable bonds is 14. The van der Waals surface area contributed by atoms with Crippen molar-refractivity contribution in [1.29, 1.82) is 0 Å². The number of ether oxygens (including phenoxy) is 3. The summed E-state index contributed by atoms with van der Waals surface area (Å²) in [4.78, 5) is 69.8. The summed E-state index contributed by atoms with van der Waals surface area (Å²) < 4.78 is 16.9. The van der Waals surface area contributed by atoms with Gasteiger partial charge in [-0.15, -0.1) is 0 Å². The van der Waals surface area contributed by atoms with Gasteiger partial charge in [0.15, 0.2) is 11.6 Å². The van der Waals surface area contributed by atoms with Crippen LogP contribution in [-0.2, 0) is 4.74 Å². The van der Waals surface area contributed by atoms with Gasteiger partial charge in [0.2, 0.25) is 0 Å². The van der Waals surface area contributed by atoms with Crippen molar-refractivity contribution in [3.05, 3.63) is 145 Å². The number of anilines is 6. The molecule has 0 atom stereocenters. The van der Waals surface area contributed by atoms with Crippen LogP contribution in [0, 0.1) is 0 Å². The second kappa shape index (κ2) is 22.7. The Balaban J connectivity index is 0.000000250. The van der Waals surface area contributed by atoms with Crippen LogP contribution in [0.1, 0.15) is 68.4 Å². The third-order valence-electron chi connectivity index (χ3n) is 8.98. The van der Waals surface area contributed by atoms with E-state index in [4.69, 9.17) is 14.2 Å². The van der Waals surface area contributed by atoms with Gasteiger partial charge in [0, 0.05) is 85.6 Å². The van der Waals surface area contributed by atoms with Crippen molar-refractivity contribution in [2.75, 3.05) is 45.6 Å². The molecule has 0 bridgehead atoms. The minimum Gasteiger partial charge on any atom is -0.457 e. The van der Waals surface area contributed by atoms with Crippen LogP contribution in [0.2, 0.25) is 0 Å². The van der Waals surface area contributed by atoms with E-state index in [0.29, 0.717) is 75.7 Å². The van der Waals surface area contributed by atoms with E-state index in [1.807, 2.05) is 31.3 Å². The zero-order chi connectivity index (χ0) is 46.9. The third kappa shape index (κ3) is 15.2. The van der Waals surface area contributed by atoms with Gasteiger partial charge < -0.3 is 40.8 Å². The Hall–Kier alpha value is -8.27. The maximum absolute atomic E-state index is 12.4. The molecule has 0 saturated heterocycles. The Morgan fingerprint density at radius 2 is 0.877 bits per heavy atom. The van der Waals surface area contributed by atoms with Gasteiger partial charge in [-0.25, -0.2) is 14.4 Å². The van der Waals surface area contributed by atoms with E-state index in [-0.39, 0.29) is 17.6 Å². The quantitative estimate of drug-likeness (QED) is 0.0651. The van der Waals surface area contributed by atoms with Crippen LogP contribution in [0.4, 0.5) is 48.5 Å². The minimum absolute atomic E-state index is 0.0402. The molecule has 0 radical (unpaired) electrons. The van der Waals surface area contributed by atoms with Crippen LogP contribution in [0.3, 0.4) is 0 Å². The van der Waals surface area contributed by atoms with Gasteiger partial charge in [-0.3, -0.25) is 24.5 Å². The number of benzene rings is 4. The molecule has 6 aromatic rings. The predicted molar refractivity (Wildman–Crippen MR) is 253 cm³/mol. The van der Waals surface area contributed by atoms with Gasteiger partial charge >= 0.3 is 18.2 Å². The fourth-order valence-corrected chi connectivity index (χ4v) is 5.61. The number of hydrogen-bond acceptors (Lipinski definition) is 11. The number of ketones is 2. The van der Waals surface area contributed by atoms with Crippen molar-refractivity contribution >= 4 is 63.8 Å². The fourth-order valence-electron chi connectivity index (χ4n) is 5.61. The first-order valence-electron chi connectivity index (χ1n) is 20.7. The van der Waals surface area contributed by atoms with E-state index in [9.17, 15) is 24.0 Å². The summed E-state index contributed by atoms with van der Waals surface area (Å²) in [5.41, 5.74) is 4.18. The average Bonchev–Trinajstić information content (AvgIpc) is 3.30. The maximum atomic E-state index is 12.4. The Bertz CT molecular complexity index is 2560. The summed E-state index contributed by atoms with van der Waals surface area (Å²) in [5, 5.41) is 14.1. The predicted octanol–water partition coefficient (Wildman–Crippen LogP) is 11.6. The molecule has 16 heteroatoms. The fraction of sp³-hybridized carbons (Fsp3) is 0.204. The maximum Gasteiger partial charge on any atom is 0.414 e. The molecule has 2 aromatic heterocycles. The topological polar surface area (TPSA) is 202 Å². The molecule has 0 aliphatic heterocycles. The highest BCUT2D eigenvalue weighted by atomic mass is 16.6. The molecule has 0 aliphatic rings. The van der Waals surface area contributed by atoms with Crippen molar-refractivity contribution in [3.63, 3.8) is 0 Å². The number of carbonyl (C=O) groups is 5. The second-order valence-electron chi connectivity index (χ2n) is 15.1. The lowest BCUT2D eigenvalue weighted by Gasteiger charge is -2.24. The van der Waals surface area contributed by atoms with Gasteiger partial charge in [0.25, 0.3) is 0 Å². The summed E-state index contributed by atoms with van der Waals surface area (Å²) >= 11 is 0. The first-order valence-corrected chi connectivity index (χ1v) is 20.7. The van der Waals surface area contributed by atoms with E-state index in [2.05, 4.69) is 36.6 Å². The lowest BCUT2D eigenvalue weighted by molar-refractivity contribution is 0.0589. The van der Waals surface area contributed by atoms with Crippen molar-refractivity contribution < 1.29 is 38.2 Å². The summed E-state index contributed by atoms with van der Waals surface area (Å²) in [6, 6.07) is 33.8. The molecular weight excluding hydrogens is 829 g/mol. The molecule has 0 aliphatic carbocycles. The smallest absolute Gasteiger partial charge is 0.414 e. The number of nitrogens with zero attached hydrogens (tertiary/aromatic N) is 3. The molecular formula is C49H52N8O8. The molecule has 2 heterocycles. The van der Waals surface area contributed by atoms with Gasteiger partial charge in [-0.2, -0.15) is 0 Å². The largest absolute Gasteiger partial charge is 0.457 e. The highest BCUT2D eigenvalue weighted by molar-refractivity contribution is 6.01. The first-order chi connectivity index (χ1) is 31.1. The SMILES string of the molecule is CCC(=O)c1cc(Oc2ccc(NC(=O)Nc3ccc(N(C)C(=O)OC(C)(C)C)cc3)cc2)ccn1.CCC(=O)c1cc(Oc2ccc(NC(=O)Nc3ccc(NC)cc3)cc2)ccn1. The normalized spacial score (nSPS) is 10.5. The zero-order valence-corrected chi connectivity index (χ0v) is 37.2. The number of Topliss-reactive ketones (excluding diaryl/α,β-unsaturated/α-hetero) is 2. The van der Waals surface area contributed by atoms with Gasteiger partial charge in [-0.05, 0) is 130 Å². The number of hydrogen-bond donors (Lipinski definition) is 5. The van der Waals surface area contributed by atoms with Crippen molar-refractivity contribution in [1.82, 2.24) is 9.97 Å². The molecule has 16 nitrogen and oxygen atoms in total. The molecule has 0 spiro atoms. The highest BCUT2D eigenvalue weighted by Crippen LogP contribution is 2.26. The Labute approximate surface area is 377 Å².